The van der Waals surface area contributed by atoms with Crippen molar-refractivity contribution in [3.63, 3.8) is 0 Å². The van der Waals surface area contributed by atoms with Gasteiger partial charge in [-0.1, -0.05) is 29.3 Å². The lowest BCUT2D eigenvalue weighted by molar-refractivity contribution is 0.317. The Balaban J connectivity index is 1.75. The van der Waals surface area contributed by atoms with Crippen LogP contribution in [-0.2, 0) is 22.9 Å². The summed E-state index contributed by atoms with van der Waals surface area (Å²) in [7, 11) is -0.904. The summed E-state index contributed by atoms with van der Waals surface area (Å²) in [5.74, 6) is 0.435. The smallest absolute Gasteiger partial charge is 0.152 e. The molecule has 0 amide bonds. The summed E-state index contributed by atoms with van der Waals surface area (Å²) in [6.45, 7) is 5.41. The molecule has 0 radical (unpaired) electrons. The minimum absolute atomic E-state index is 0.0523. The van der Waals surface area contributed by atoms with E-state index in [-0.39, 0.29) is 17.5 Å². The molecule has 1 fully saturated rings. The van der Waals surface area contributed by atoms with Crippen LogP contribution in [0.1, 0.15) is 35.0 Å². The van der Waals surface area contributed by atoms with Gasteiger partial charge in [-0.15, -0.1) is 0 Å². The van der Waals surface area contributed by atoms with Gasteiger partial charge in [0.15, 0.2) is 9.84 Å². The van der Waals surface area contributed by atoms with Crippen LogP contribution in [0.3, 0.4) is 0 Å². The number of nitrogens with zero attached hydrogens (tertiary/aromatic N) is 3. The third-order valence-electron chi connectivity index (χ3n) is 4.91. The predicted octanol–water partition coefficient (Wildman–Crippen LogP) is 3.80. The van der Waals surface area contributed by atoms with Gasteiger partial charge in [-0.3, -0.25) is 9.58 Å². The molecule has 1 aliphatic rings. The quantitative estimate of drug-likeness (QED) is 0.744. The summed E-state index contributed by atoms with van der Waals surface area (Å²) >= 11 is 12.2. The summed E-state index contributed by atoms with van der Waals surface area (Å²) in [6.07, 6.45) is 0.639. The number of aryl methyl sites for hydroxylation is 1. The molecule has 1 atom stereocenters. The fraction of sp³-hybridized carbons (Fsp3) is 0.500. The largest absolute Gasteiger partial charge is 0.298 e. The van der Waals surface area contributed by atoms with Crippen molar-refractivity contribution in [3.05, 3.63) is 50.8 Å². The van der Waals surface area contributed by atoms with Crippen LogP contribution in [0.25, 0.3) is 0 Å². The molecular weight excluding hydrogens is 393 g/mol. The molecule has 2 heterocycles. The highest BCUT2D eigenvalue weighted by Gasteiger charge is 2.31. The molecule has 1 aromatic heterocycles. The molecule has 0 aliphatic carbocycles. The maximum absolute atomic E-state index is 11.8. The van der Waals surface area contributed by atoms with Gasteiger partial charge in [-0.05, 0) is 45.0 Å². The van der Waals surface area contributed by atoms with Crippen molar-refractivity contribution in [3.8, 4) is 0 Å². The summed E-state index contributed by atoms with van der Waals surface area (Å²) in [4.78, 5) is 2.17. The molecule has 0 N–H and O–H groups in total. The van der Waals surface area contributed by atoms with Gasteiger partial charge in [0.2, 0.25) is 0 Å². The Kier molecular flexibility index (Phi) is 5.68. The Labute approximate surface area is 164 Å². The third kappa shape index (κ3) is 4.25. The van der Waals surface area contributed by atoms with E-state index in [0.29, 0.717) is 23.0 Å². The molecule has 2 aromatic rings. The molecule has 1 aromatic carbocycles. The van der Waals surface area contributed by atoms with Crippen molar-refractivity contribution in [2.45, 2.75) is 39.4 Å². The molecule has 3 rings (SSSR count). The Morgan fingerprint density at radius 2 is 2.00 bits per heavy atom. The zero-order chi connectivity index (χ0) is 19.1. The molecule has 0 unspecified atom stereocenters. The van der Waals surface area contributed by atoms with Crippen LogP contribution in [0, 0.1) is 13.8 Å². The number of aromatic nitrogens is 2. The minimum atomic E-state index is -2.93. The molecule has 0 spiro atoms. The van der Waals surface area contributed by atoms with Gasteiger partial charge in [-0.2, -0.15) is 5.10 Å². The van der Waals surface area contributed by atoms with E-state index < -0.39 is 9.84 Å². The molecule has 26 heavy (non-hydrogen) atoms. The zero-order valence-corrected chi connectivity index (χ0v) is 17.5. The second kappa shape index (κ2) is 7.50. The summed E-state index contributed by atoms with van der Waals surface area (Å²) < 4.78 is 25.5. The standard InChI is InChI=1S/C18H23Cl2N3O2S/c1-12-17(10-22(3)9-14-4-5-15(19)8-18(14)20)13(2)23(21-12)16-6-7-26(24,25)11-16/h4-5,8,16H,6-7,9-11H2,1-3H3/t16-/m1/s1. The number of hydrogen-bond acceptors (Lipinski definition) is 4. The van der Waals surface area contributed by atoms with Crippen molar-refractivity contribution < 1.29 is 8.42 Å². The van der Waals surface area contributed by atoms with Crippen LogP contribution in [0.2, 0.25) is 10.0 Å². The highest BCUT2D eigenvalue weighted by atomic mass is 35.5. The van der Waals surface area contributed by atoms with E-state index >= 15 is 0 Å². The maximum Gasteiger partial charge on any atom is 0.152 e. The average Bonchev–Trinajstić information content (AvgIpc) is 3.04. The molecule has 1 aliphatic heterocycles. The SMILES string of the molecule is Cc1nn([C@@H]2CCS(=O)(=O)C2)c(C)c1CN(C)Cc1ccc(Cl)cc1Cl. The van der Waals surface area contributed by atoms with Crippen LogP contribution in [0.5, 0.6) is 0 Å². The fourth-order valence-corrected chi connectivity index (χ4v) is 5.68. The third-order valence-corrected chi connectivity index (χ3v) is 7.25. The first-order chi connectivity index (χ1) is 12.2. The fourth-order valence-electron chi connectivity index (χ4n) is 3.52. The topological polar surface area (TPSA) is 55.2 Å². The van der Waals surface area contributed by atoms with Crippen molar-refractivity contribution in [2.75, 3.05) is 18.6 Å². The van der Waals surface area contributed by atoms with Gasteiger partial charge >= 0.3 is 0 Å². The van der Waals surface area contributed by atoms with Crippen molar-refractivity contribution >= 4 is 33.0 Å². The summed E-state index contributed by atoms with van der Waals surface area (Å²) in [5.41, 5.74) is 4.14. The second-order valence-corrected chi connectivity index (χ2v) is 10.1. The lowest BCUT2D eigenvalue weighted by atomic mass is 10.1. The van der Waals surface area contributed by atoms with Gasteiger partial charge in [-0.25, -0.2) is 8.42 Å². The highest BCUT2D eigenvalue weighted by Crippen LogP contribution is 2.28. The number of halogens is 2. The molecule has 142 valence electrons. The molecular formula is C18H23Cl2N3O2S. The van der Waals surface area contributed by atoms with E-state index in [9.17, 15) is 8.42 Å². The first-order valence-electron chi connectivity index (χ1n) is 8.54. The number of rotatable bonds is 5. The Morgan fingerprint density at radius 3 is 2.62 bits per heavy atom. The van der Waals surface area contributed by atoms with E-state index in [1.54, 1.807) is 6.07 Å². The number of hydrogen-bond donors (Lipinski definition) is 0. The Bertz CT molecular complexity index is 925. The maximum atomic E-state index is 11.8. The monoisotopic (exact) mass is 415 g/mol. The van der Waals surface area contributed by atoms with Crippen LogP contribution in [0.15, 0.2) is 18.2 Å². The summed E-state index contributed by atoms with van der Waals surface area (Å²) in [6, 6.07) is 5.48. The highest BCUT2D eigenvalue weighted by molar-refractivity contribution is 7.91. The second-order valence-electron chi connectivity index (χ2n) is 7.06. The Hall–Kier alpha value is -1.08. The van der Waals surface area contributed by atoms with Gasteiger partial charge < -0.3 is 0 Å². The average molecular weight is 416 g/mol. The molecule has 0 saturated carbocycles. The van der Waals surface area contributed by atoms with Gasteiger partial charge in [0, 0.05) is 34.4 Å². The molecule has 5 nitrogen and oxygen atoms in total. The Morgan fingerprint density at radius 1 is 1.27 bits per heavy atom. The van der Waals surface area contributed by atoms with Crippen LogP contribution < -0.4 is 0 Å². The number of benzene rings is 1. The van der Waals surface area contributed by atoms with Crippen LogP contribution in [-0.4, -0.2) is 41.7 Å². The van der Waals surface area contributed by atoms with Crippen LogP contribution in [0.4, 0.5) is 0 Å². The van der Waals surface area contributed by atoms with Crippen molar-refractivity contribution in [2.24, 2.45) is 0 Å². The number of sulfone groups is 1. The van der Waals surface area contributed by atoms with Crippen LogP contribution >= 0.6 is 23.2 Å². The van der Waals surface area contributed by atoms with E-state index in [2.05, 4.69) is 10.00 Å². The van der Waals surface area contributed by atoms with Crippen molar-refractivity contribution in [1.29, 1.82) is 0 Å². The van der Waals surface area contributed by atoms with E-state index in [1.165, 1.54) is 0 Å². The van der Waals surface area contributed by atoms with E-state index in [1.807, 2.05) is 37.7 Å². The van der Waals surface area contributed by atoms with E-state index in [4.69, 9.17) is 23.2 Å². The lowest BCUT2D eigenvalue weighted by Gasteiger charge is -2.18. The summed E-state index contributed by atoms with van der Waals surface area (Å²) in [5, 5.41) is 5.91. The normalized spacial score (nSPS) is 19.4. The molecule has 8 heteroatoms. The first-order valence-corrected chi connectivity index (χ1v) is 11.1. The lowest BCUT2D eigenvalue weighted by Crippen LogP contribution is -2.19. The first kappa shape index (κ1) is 19.7. The predicted molar refractivity (Wildman–Crippen MR) is 106 cm³/mol. The molecule has 1 saturated heterocycles. The van der Waals surface area contributed by atoms with Gasteiger partial charge in [0.05, 0.1) is 23.2 Å². The zero-order valence-electron chi connectivity index (χ0n) is 15.2. The van der Waals surface area contributed by atoms with Gasteiger partial charge in [0.1, 0.15) is 0 Å². The molecule has 0 bridgehead atoms. The van der Waals surface area contributed by atoms with Crippen molar-refractivity contribution in [1.82, 2.24) is 14.7 Å². The van der Waals surface area contributed by atoms with E-state index in [0.717, 1.165) is 29.1 Å². The minimum Gasteiger partial charge on any atom is -0.298 e. The van der Waals surface area contributed by atoms with Gasteiger partial charge in [0.25, 0.3) is 0 Å².